The van der Waals surface area contributed by atoms with E-state index in [1.54, 1.807) is 0 Å². The van der Waals surface area contributed by atoms with Crippen LogP contribution in [0.15, 0.2) is 164 Å². The summed E-state index contributed by atoms with van der Waals surface area (Å²) < 4.78 is 2.27. The van der Waals surface area contributed by atoms with Crippen LogP contribution in [0, 0.1) is 0 Å². The zero-order chi connectivity index (χ0) is 33.4. The summed E-state index contributed by atoms with van der Waals surface area (Å²) >= 11 is 0. The Morgan fingerprint density at radius 1 is 0.460 bits per heavy atom. The molecule has 0 spiro atoms. The van der Waals surface area contributed by atoms with Crippen molar-refractivity contribution in [3.05, 3.63) is 175 Å². The zero-order valence-corrected chi connectivity index (χ0v) is 27.9. The fourth-order valence-electron chi connectivity index (χ4n) is 8.12. The van der Waals surface area contributed by atoms with E-state index in [0.29, 0.717) is 5.82 Å². The maximum atomic E-state index is 5.18. The highest BCUT2D eigenvalue weighted by Gasteiger charge is 2.37. The minimum Gasteiger partial charge on any atom is -0.294 e. The Balaban J connectivity index is 1.13. The van der Waals surface area contributed by atoms with E-state index in [0.717, 1.165) is 33.7 Å². The fourth-order valence-corrected chi connectivity index (χ4v) is 8.12. The molecule has 7 aromatic carbocycles. The van der Waals surface area contributed by atoms with Gasteiger partial charge in [0.25, 0.3) is 0 Å². The van der Waals surface area contributed by atoms with Gasteiger partial charge in [-0.3, -0.25) is 4.57 Å². The summed E-state index contributed by atoms with van der Waals surface area (Å²) in [5.74, 6) is 1.55. The average Bonchev–Trinajstić information content (AvgIpc) is 3.62. The van der Waals surface area contributed by atoms with Gasteiger partial charge in [0, 0.05) is 33.4 Å². The van der Waals surface area contributed by atoms with Crippen molar-refractivity contribution in [3.63, 3.8) is 0 Å². The predicted molar refractivity (Wildman–Crippen MR) is 208 cm³/mol. The Kier molecular flexibility index (Phi) is 6.22. The summed E-state index contributed by atoms with van der Waals surface area (Å²) in [6.45, 7) is 4.71. The van der Waals surface area contributed by atoms with Crippen LogP contribution in [0.4, 0.5) is 0 Å². The van der Waals surface area contributed by atoms with E-state index in [9.17, 15) is 0 Å². The van der Waals surface area contributed by atoms with E-state index < -0.39 is 0 Å². The molecule has 3 heteroatoms. The highest BCUT2D eigenvalue weighted by Crippen LogP contribution is 2.53. The molecular formula is C47H33N3. The van der Waals surface area contributed by atoms with Crippen LogP contribution in [-0.4, -0.2) is 14.5 Å². The summed E-state index contributed by atoms with van der Waals surface area (Å²) in [6, 6.07) is 58.7. The van der Waals surface area contributed by atoms with Gasteiger partial charge in [-0.1, -0.05) is 147 Å². The number of hydrogen-bond acceptors (Lipinski definition) is 2. The molecule has 0 unspecified atom stereocenters. The largest absolute Gasteiger partial charge is 0.294 e. The fraction of sp³-hybridized carbons (Fsp3) is 0.0638. The molecule has 2 heterocycles. The predicted octanol–water partition coefficient (Wildman–Crippen LogP) is 12.0. The number of hydrogen-bond donors (Lipinski definition) is 0. The monoisotopic (exact) mass is 639 g/mol. The zero-order valence-electron chi connectivity index (χ0n) is 27.9. The van der Waals surface area contributed by atoms with Gasteiger partial charge in [-0.2, -0.15) is 0 Å². The van der Waals surface area contributed by atoms with Crippen molar-refractivity contribution < 1.29 is 0 Å². The molecule has 50 heavy (non-hydrogen) atoms. The summed E-state index contributed by atoms with van der Waals surface area (Å²) in [7, 11) is 0. The summed E-state index contributed by atoms with van der Waals surface area (Å²) in [6.07, 6.45) is 0. The maximum Gasteiger partial charge on any atom is 0.162 e. The lowest BCUT2D eigenvalue weighted by molar-refractivity contribution is 0.661. The molecule has 2 aromatic heterocycles. The van der Waals surface area contributed by atoms with E-state index in [1.165, 1.54) is 54.9 Å². The second kappa shape index (κ2) is 10.8. The van der Waals surface area contributed by atoms with Crippen LogP contribution in [0.5, 0.6) is 0 Å². The third-order valence-electron chi connectivity index (χ3n) is 10.6. The van der Waals surface area contributed by atoms with Gasteiger partial charge in [0.05, 0.1) is 16.7 Å². The number of aromatic nitrogens is 3. The highest BCUT2D eigenvalue weighted by molar-refractivity contribution is 6.09. The van der Waals surface area contributed by atoms with Crippen molar-refractivity contribution in [1.29, 1.82) is 0 Å². The lowest BCUT2D eigenvalue weighted by Crippen LogP contribution is -2.14. The number of rotatable bonds is 4. The third kappa shape index (κ3) is 4.30. The van der Waals surface area contributed by atoms with Crippen LogP contribution in [0.25, 0.3) is 83.3 Å². The van der Waals surface area contributed by atoms with Crippen molar-refractivity contribution in [2.75, 3.05) is 0 Å². The molecule has 0 radical (unpaired) electrons. The van der Waals surface area contributed by atoms with Crippen LogP contribution in [0.3, 0.4) is 0 Å². The first kappa shape index (κ1) is 28.7. The van der Waals surface area contributed by atoms with Gasteiger partial charge in [0.2, 0.25) is 0 Å². The molecule has 0 saturated carbocycles. The topological polar surface area (TPSA) is 30.7 Å². The molecule has 0 N–H and O–H groups in total. The van der Waals surface area contributed by atoms with Crippen molar-refractivity contribution in [2.45, 2.75) is 19.3 Å². The molecule has 1 aliphatic carbocycles. The number of fused-ring (bicyclic) bond motifs is 7. The second-order valence-electron chi connectivity index (χ2n) is 13.8. The Labute approximate surface area is 291 Å². The van der Waals surface area contributed by atoms with Crippen LogP contribution >= 0.6 is 0 Å². The Bertz CT molecular complexity index is 2720. The minimum absolute atomic E-state index is 0.0807. The first-order chi connectivity index (χ1) is 24.5. The van der Waals surface area contributed by atoms with Gasteiger partial charge in [0.1, 0.15) is 5.82 Å². The second-order valence-corrected chi connectivity index (χ2v) is 13.8. The van der Waals surface area contributed by atoms with Crippen molar-refractivity contribution in [3.8, 4) is 50.7 Å². The average molecular weight is 640 g/mol. The van der Waals surface area contributed by atoms with Crippen molar-refractivity contribution in [2.24, 2.45) is 0 Å². The smallest absolute Gasteiger partial charge is 0.162 e. The van der Waals surface area contributed by atoms with Crippen molar-refractivity contribution >= 4 is 32.6 Å². The summed E-state index contributed by atoms with van der Waals surface area (Å²) in [5, 5.41) is 4.99. The molecule has 0 atom stereocenters. The van der Waals surface area contributed by atoms with E-state index in [4.69, 9.17) is 9.97 Å². The Hall–Kier alpha value is -6.32. The quantitative estimate of drug-likeness (QED) is 0.192. The molecule has 0 fully saturated rings. The standard InChI is InChI=1S/C47H33N3/c1-47(2)39-20-12-19-35(45(39)38-27-33-15-6-7-16-34(33)28-40(38)47)30-23-25-31(26-24-30)41-29-44(49-46(48-41)32-13-4-3-5-14-32)50-42-21-10-8-17-36(42)37-18-9-11-22-43(37)50/h3-29H,1-2H3. The first-order valence-corrected chi connectivity index (χ1v) is 17.3. The first-order valence-electron chi connectivity index (χ1n) is 17.3. The van der Waals surface area contributed by atoms with E-state index >= 15 is 0 Å². The molecule has 236 valence electrons. The number of benzene rings is 7. The van der Waals surface area contributed by atoms with E-state index in [1.807, 2.05) is 18.2 Å². The normalized spacial score (nSPS) is 13.2. The van der Waals surface area contributed by atoms with Crippen molar-refractivity contribution in [1.82, 2.24) is 14.5 Å². The van der Waals surface area contributed by atoms with E-state index in [-0.39, 0.29) is 5.41 Å². The minimum atomic E-state index is -0.0807. The Morgan fingerprint density at radius 2 is 1.08 bits per heavy atom. The van der Waals surface area contributed by atoms with E-state index in [2.05, 4.69) is 164 Å². The molecule has 0 saturated heterocycles. The molecule has 0 aliphatic heterocycles. The SMILES string of the molecule is CC1(C)c2cc3ccccc3cc2-c2c(-c3ccc(-c4cc(-n5c6ccccc6c6ccccc65)nc(-c5ccccc5)n4)cc3)cccc21. The van der Waals surface area contributed by atoms with Gasteiger partial charge in [-0.05, 0) is 68.4 Å². The van der Waals surface area contributed by atoms with Gasteiger partial charge >= 0.3 is 0 Å². The van der Waals surface area contributed by atoms with Gasteiger partial charge in [0.15, 0.2) is 5.82 Å². The molecule has 9 aromatic rings. The molecule has 3 nitrogen and oxygen atoms in total. The number of nitrogens with zero attached hydrogens (tertiary/aromatic N) is 3. The Morgan fingerprint density at radius 3 is 1.80 bits per heavy atom. The number of para-hydroxylation sites is 2. The molecular weight excluding hydrogens is 607 g/mol. The van der Waals surface area contributed by atoms with Crippen LogP contribution in [0.1, 0.15) is 25.0 Å². The van der Waals surface area contributed by atoms with Gasteiger partial charge < -0.3 is 0 Å². The molecule has 0 bridgehead atoms. The summed E-state index contributed by atoms with van der Waals surface area (Å²) in [4.78, 5) is 10.3. The lowest BCUT2D eigenvalue weighted by atomic mass is 9.81. The van der Waals surface area contributed by atoms with Gasteiger partial charge in [-0.15, -0.1) is 0 Å². The van der Waals surface area contributed by atoms with Gasteiger partial charge in [-0.25, -0.2) is 9.97 Å². The van der Waals surface area contributed by atoms with Crippen LogP contribution in [-0.2, 0) is 5.41 Å². The van der Waals surface area contributed by atoms with Crippen LogP contribution < -0.4 is 0 Å². The highest BCUT2D eigenvalue weighted by atomic mass is 15.1. The molecule has 0 amide bonds. The van der Waals surface area contributed by atoms with Crippen LogP contribution in [0.2, 0.25) is 0 Å². The summed E-state index contributed by atoms with van der Waals surface area (Å²) in [5.41, 5.74) is 13.0. The molecule has 10 rings (SSSR count). The third-order valence-corrected chi connectivity index (χ3v) is 10.6. The lowest BCUT2D eigenvalue weighted by Gasteiger charge is -2.22. The molecule has 1 aliphatic rings. The maximum absolute atomic E-state index is 5.18.